The third kappa shape index (κ3) is 3.44. The minimum Gasteiger partial charge on any atom is -0.338 e. The molecule has 0 bridgehead atoms. The molecule has 27 heavy (non-hydrogen) atoms. The zero-order valence-electron chi connectivity index (χ0n) is 15.3. The summed E-state index contributed by atoms with van der Waals surface area (Å²) >= 11 is 0. The van der Waals surface area contributed by atoms with Crippen LogP contribution in [0, 0.1) is 6.92 Å². The number of para-hydroxylation sites is 1. The highest BCUT2D eigenvalue weighted by Crippen LogP contribution is 2.29. The summed E-state index contributed by atoms with van der Waals surface area (Å²) in [5, 5.41) is 8.68. The average molecular weight is 356 g/mol. The van der Waals surface area contributed by atoms with E-state index in [1.807, 2.05) is 37.4 Å². The lowest BCUT2D eigenvalue weighted by molar-refractivity contribution is 0.252. The minimum atomic E-state index is -0.254. The van der Waals surface area contributed by atoms with Gasteiger partial charge in [-0.3, -0.25) is 10.3 Å². The molecule has 0 aliphatic carbocycles. The second-order valence-electron chi connectivity index (χ2n) is 6.48. The molecular formula is C22H20N4O. The summed E-state index contributed by atoms with van der Waals surface area (Å²) in [4.78, 5) is 20.7. The predicted molar refractivity (Wildman–Crippen MR) is 110 cm³/mol. The molecule has 0 fully saturated rings. The van der Waals surface area contributed by atoms with Gasteiger partial charge in [0.05, 0.1) is 5.52 Å². The van der Waals surface area contributed by atoms with Crippen molar-refractivity contribution in [2.75, 3.05) is 11.9 Å². The number of hydrogen-bond donors (Lipinski definition) is 2. The van der Waals surface area contributed by atoms with Crippen molar-refractivity contribution >= 4 is 33.5 Å². The maximum atomic E-state index is 11.8. The molecule has 0 aliphatic heterocycles. The predicted octanol–water partition coefficient (Wildman–Crippen LogP) is 4.90. The Morgan fingerprint density at radius 2 is 1.78 bits per heavy atom. The normalized spacial score (nSPS) is 10.9. The van der Waals surface area contributed by atoms with Gasteiger partial charge in [0.15, 0.2) is 0 Å². The van der Waals surface area contributed by atoms with Crippen LogP contribution in [0.15, 0.2) is 60.9 Å². The SMILES string of the molecule is CCNC(=O)Nc1cc2cc(-c3cnc4ccccc4c3)cc(C)c2cn1. The number of amides is 2. The van der Waals surface area contributed by atoms with Gasteiger partial charge in [0.2, 0.25) is 0 Å². The first-order chi connectivity index (χ1) is 13.1. The number of nitrogens with one attached hydrogen (secondary N) is 2. The molecule has 0 radical (unpaired) electrons. The molecule has 0 atom stereocenters. The van der Waals surface area contributed by atoms with Gasteiger partial charge in [-0.2, -0.15) is 0 Å². The summed E-state index contributed by atoms with van der Waals surface area (Å²) in [6.45, 7) is 4.51. The zero-order valence-corrected chi connectivity index (χ0v) is 15.3. The number of benzene rings is 2. The van der Waals surface area contributed by atoms with Crippen LogP contribution in [-0.4, -0.2) is 22.5 Å². The Morgan fingerprint density at radius 1 is 0.963 bits per heavy atom. The largest absolute Gasteiger partial charge is 0.338 e. The molecule has 2 heterocycles. The van der Waals surface area contributed by atoms with Crippen LogP contribution >= 0.6 is 0 Å². The molecule has 0 spiro atoms. The second kappa shape index (κ2) is 7.03. The minimum absolute atomic E-state index is 0.254. The number of carbonyl (C=O) groups excluding carboxylic acids is 1. The molecule has 0 unspecified atom stereocenters. The van der Waals surface area contributed by atoms with Crippen molar-refractivity contribution in [3.05, 3.63) is 66.5 Å². The topological polar surface area (TPSA) is 66.9 Å². The Bertz CT molecular complexity index is 1150. The number of nitrogens with zero attached hydrogens (tertiary/aromatic N) is 2. The second-order valence-corrected chi connectivity index (χ2v) is 6.48. The van der Waals surface area contributed by atoms with Crippen molar-refractivity contribution in [2.24, 2.45) is 0 Å². The Morgan fingerprint density at radius 3 is 2.63 bits per heavy atom. The lowest BCUT2D eigenvalue weighted by Crippen LogP contribution is -2.28. The molecule has 2 N–H and O–H groups in total. The van der Waals surface area contributed by atoms with Gasteiger partial charge in [-0.05, 0) is 54.6 Å². The summed E-state index contributed by atoms with van der Waals surface area (Å²) in [6.07, 6.45) is 3.70. The monoisotopic (exact) mass is 356 g/mol. The van der Waals surface area contributed by atoms with Crippen LogP contribution < -0.4 is 10.6 Å². The molecule has 2 aromatic carbocycles. The van der Waals surface area contributed by atoms with Gasteiger partial charge < -0.3 is 5.32 Å². The van der Waals surface area contributed by atoms with Gasteiger partial charge in [-0.25, -0.2) is 9.78 Å². The number of pyridine rings is 2. The summed E-state index contributed by atoms with van der Waals surface area (Å²) in [5.74, 6) is 0.529. The number of urea groups is 1. The molecule has 0 saturated carbocycles. The third-order valence-electron chi connectivity index (χ3n) is 4.55. The van der Waals surface area contributed by atoms with Crippen molar-refractivity contribution in [3.63, 3.8) is 0 Å². The molecule has 2 amide bonds. The lowest BCUT2D eigenvalue weighted by atomic mass is 9.98. The maximum absolute atomic E-state index is 11.8. The van der Waals surface area contributed by atoms with Crippen LogP contribution in [-0.2, 0) is 0 Å². The fourth-order valence-electron chi connectivity index (χ4n) is 3.23. The molecule has 4 aromatic rings. The van der Waals surface area contributed by atoms with Crippen molar-refractivity contribution in [2.45, 2.75) is 13.8 Å². The highest BCUT2D eigenvalue weighted by atomic mass is 16.2. The number of aromatic nitrogens is 2. The van der Waals surface area contributed by atoms with Crippen LogP contribution in [0.3, 0.4) is 0 Å². The Labute approximate surface area is 157 Å². The van der Waals surface area contributed by atoms with E-state index in [0.29, 0.717) is 12.4 Å². The summed E-state index contributed by atoms with van der Waals surface area (Å²) < 4.78 is 0. The van der Waals surface area contributed by atoms with Crippen LogP contribution in [0.4, 0.5) is 10.6 Å². The van der Waals surface area contributed by atoms with E-state index in [-0.39, 0.29) is 6.03 Å². The Hall–Kier alpha value is -3.47. The molecule has 134 valence electrons. The summed E-state index contributed by atoms with van der Waals surface area (Å²) in [6, 6.07) is 16.1. The number of rotatable bonds is 3. The number of fused-ring (bicyclic) bond motifs is 2. The quantitative estimate of drug-likeness (QED) is 0.549. The van der Waals surface area contributed by atoms with Gasteiger partial charge in [-0.15, -0.1) is 0 Å². The van der Waals surface area contributed by atoms with Crippen LogP contribution in [0.1, 0.15) is 12.5 Å². The van der Waals surface area contributed by atoms with Crippen molar-refractivity contribution in [1.82, 2.24) is 15.3 Å². The van der Waals surface area contributed by atoms with Crippen LogP contribution in [0.25, 0.3) is 32.8 Å². The Kier molecular flexibility index (Phi) is 4.42. The zero-order chi connectivity index (χ0) is 18.8. The third-order valence-corrected chi connectivity index (χ3v) is 4.55. The number of aryl methyl sites for hydroxylation is 1. The molecule has 0 saturated heterocycles. The van der Waals surface area contributed by atoms with E-state index in [0.717, 1.165) is 38.4 Å². The van der Waals surface area contributed by atoms with Gasteiger partial charge in [0.25, 0.3) is 0 Å². The van der Waals surface area contributed by atoms with Crippen molar-refractivity contribution in [3.8, 4) is 11.1 Å². The van der Waals surface area contributed by atoms with E-state index in [2.05, 4.69) is 51.8 Å². The standard InChI is InChI=1S/C22H20N4O/c1-3-23-22(27)26-21-11-17-10-16(8-14(2)19(17)13-25-21)18-9-15-6-4-5-7-20(15)24-12-18/h4-13H,3H2,1-2H3,(H2,23,25,26,27). The molecule has 0 aliphatic rings. The van der Waals surface area contributed by atoms with E-state index in [4.69, 9.17) is 0 Å². The van der Waals surface area contributed by atoms with E-state index in [9.17, 15) is 4.79 Å². The fourth-order valence-corrected chi connectivity index (χ4v) is 3.23. The van der Waals surface area contributed by atoms with Crippen molar-refractivity contribution in [1.29, 1.82) is 0 Å². The van der Waals surface area contributed by atoms with E-state index < -0.39 is 0 Å². The smallest absolute Gasteiger partial charge is 0.320 e. The van der Waals surface area contributed by atoms with E-state index >= 15 is 0 Å². The van der Waals surface area contributed by atoms with Crippen LogP contribution in [0.2, 0.25) is 0 Å². The first kappa shape index (κ1) is 17.0. The van der Waals surface area contributed by atoms with Crippen molar-refractivity contribution < 1.29 is 4.79 Å². The van der Waals surface area contributed by atoms with Crippen LogP contribution in [0.5, 0.6) is 0 Å². The number of anilines is 1. The maximum Gasteiger partial charge on any atom is 0.320 e. The van der Waals surface area contributed by atoms with Gasteiger partial charge in [0, 0.05) is 35.3 Å². The number of carbonyl (C=O) groups is 1. The first-order valence-corrected chi connectivity index (χ1v) is 8.94. The molecule has 5 heteroatoms. The van der Waals surface area contributed by atoms with Gasteiger partial charge in [0.1, 0.15) is 5.82 Å². The lowest BCUT2D eigenvalue weighted by Gasteiger charge is -2.10. The molecule has 5 nitrogen and oxygen atoms in total. The van der Waals surface area contributed by atoms with E-state index in [1.54, 1.807) is 6.20 Å². The highest BCUT2D eigenvalue weighted by molar-refractivity contribution is 5.95. The number of hydrogen-bond acceptors (Lipinski definition) is 3. The fraction of sp³-hybridized carbons (Fsp3) is 0.136. The molecule has 2 aromatic heterocycles. The first-order valence-electron chi connectivity index (χ1n) is 8.94. The van der Waals surface area contributed by atoms with Gasteiger partial charge in [-0.1, -0.05) is 24.3 Å². The van der Waals surface area contributed by atoms with E-state index in [1.165, 1.54) is 0 Å². The average Bonchev–Trinajstić information content (AvgIpc) is 2.67. The van der Waals surface area contributed by atoms with Gasteiger partial charge >= 0.3 is 6.03 Å². The highest BCUT2D eigenvalue weighted by Gasteiger charge is 2.08. The molecule has 4 rings (SSSR count). The summed E-state index contributed by atoms with van der Waals surface area (Å²) in [7, 11) is 0. The summed E-state index contributed by atoms with van der Waals surface area (Å²) in [5.41, 5.74) is 4.27. The Balaban J connectivity index is 1.77. The molecular weight excluding hydrogens is 336 g/mol.